The van der Waals surface area contributed by atoms with Crippen molar-refractivity contribution in [2.45, 2.75) is 33.1 Å². The molecular weight excluding hydrogens is 264 g/mol. The van der Waals surface area contributed by atoms with Crippen LogP contribution >= 0.6 is 0 Å². The Morgan fingerprint density at radius 3 is 2.71 bits per heavy atom. The first-order valence-electron chi connectivity index (χ1n) is 7.89. The number of primary amides is 1. The van der Waals surface area contributed by atoms with Crippen LogP contribution in [0.5, 0.6) is 5.75 Å². The molecule has 1 saturated heterocycles. The van der Waals surface area contributed by atoms with Gasteiger partial charge in [-0.2, -0.15) is 0 Å². The maximum atomic E-state index is 11.1. The van der Waals surface area contributed by atoms with Gasteiger partial charge >= 0.3 is 0 Å². The number of hydrogen-bond donors (Lipinski definition) is 2. The van der Waals surface area contributed by atoms with Crippen LogP contribution in [0.25, 0.3) is 0 Å². The number of rotatable bonds is 6. The molecule has 0 atom stereocenters. The average molecular weight is 291 g/mol. The molecule has 0 spiro atoms. The highest BCUT2D eigenvalue weighted by Crippen LogP contribution is 2.19. The Labute approximate surface area is 127 Å². The molecule has 1 aliphatic heterocycles. The highest BCUT2D eigenvalue weighted by Gasteiger charge is 2.25. The Hall–Kier alpha value is -1.55. The minimum Gasteiger partial charge on any atom is -0.493 e. The molecule has 1 aliphatic rings. The van der Waals surface area contributed by atoms with Crippen LogP contribution in [-0.2, 0) is 4.79 Å². The number of hydrogen-bond acceptors (Lipinski definition) is 2. The number of quaternary nitrogens is 1. The monoisotopic (exact) mass is 291 g/mol. The lowest BCUT2D eigenvalue weighted by Gasteiger charge is -2.27. The van der Waals surface area contributed by atoms with E-state index >= 15 is 0 Å². The zero-order chi connectivity index (χ0) is 15.2. The molecule has 0 aromatic heterocycles. The summed E-state index contributed by atoms with van der Waals surface area (Å²) in [5.41, 5.74) is 7.78. The third kappa shape index (κ3) is 4.74. The van der Waals surface area contributed by atoms with Gasteiger partial charge in [-0.3, -0.25) is 4.79 Å². The van der Waals surface area contributed by atoms with Crippen LogP contribution in [0.4, 0.5) is 0 Å². The van der Waals surface area contributed by atoms with E-state index in [4.69, 9.17) is 10.5 Å². The third-order valence-corrected chi connectivity index (χ3v) is 4.37. The topological polar surface area (TPSA) is 56.8 Å². The van der Waals surface area contributed by atoms with Gasteiger partial charge in [0.25, 0.3) is 0 Å². The average Bonchev–Trinajstić information content (AvgIpc) is 2.47. The maximum Gasteiger partial charge on any atom is 0.220 e. The SMILES string of the molecule is Cc1ccc(C)c(OCCC[NH+]2CCC(C(N)=O)CC2)c1. The van der Waals surface area contributed by atoms with Gasteiger partial charge < -0.3 is 15.4 Å². The van der Waals surface area contributed by atoms with Gasteiger partial charge in [-0.05, 0) is 31.0 Å². The molecule has 0 radical (unpaired) electrons. The van der Waals surface area contributed by atoms with E-state index in [1.54, 1.807) is 4.90 Å². The van der Waals surface area contributed by atoms with Gasteiger partial charge in [-0.15, -0.1) is 0 Å². The van der Waals surface area contributed by atoms with Crippen molar-refractivity contribution in [2.75, 3.05) is 26.2 Å². The highest BCUT2D eigenvalue weighted by molar-refractivity contribution is 5.76. The molecule has 0 aliphatic carbocycles. The highest BCUT2D eigenvalue weighted by atomic mass is 16.5. The molecule has 3 N–H and O–H groups in total. The summed E-state index contributed by atoms with van der Waals surface area (Å²) in [6, 6.07) is 6.31. The number of amides is 1. The number of carbonyl (C=O) groups is 1. The number of nitrogens with one attached hydrogen (secondary N) is 1. The molecule has 1 fully saturated rings. The molecular formula is C17H27N2O2+. The Morgan fingerprint density at radius 2 is 2.05 bits per heavy atom. The van der Waals surface area contributed by atoms with Gasteiger partial charge in [0.1, 0.15) is 5.75 Å². The van der Waals surface area contributed by atoms with E-state index in [0.29, 0.717) is 0 Å². The third-order valence-electron chi connectivity index (χ3n) is 4.37. The number of aryl methyl sites for hydroxylation is 2. The maximum absolute atomic E-state index is 11.1. The van der Waals surface area contributed by atoms with Gasteiger partial charge in [0, 0.05) is 25.2 Å². The van der Waals surface area contributed by atoms with Crippen molar-refractivity contribution in [2.24, 2.45) is 11.7 Å². The van der Waals surface area contributed by atoms with Crippen LogP contribution < -0.4 is 15.4 Å². The smallest absolute Gasteiger partial charge is 0.220 e. The molecule has 0 saturated carbocycles. The first kappa shape index (κ1) is 15.8. The van der Waals surface area contributed by atoms with E-state index < -0.39 is 0 Å². The summed E-state index contributed by atoms with van der Waals surface area (Å²) in [6.45, 7) is 8.13. The first-order valence-corrected chi connectivity index (χ1v) is 7.89. The van der Waals surface area contributed by atoms with Crippen LogP contribution in [0.3, 0.4) is 0 Å². The predicted octanol–water partition coefficient (Wildman–Crippen LogP) is 0.853. The fraction of sp³-hybridized carbons (Fsp3) is 0.588. The van der Waals surface area contributed by atoms with Crippen LogP contribution in [0.1, 0.15) is 30.4 Å². The van der Waals surface area contributed by atoms with Crippen molar-refractivity contribution >= 4 is 5.91 Å². The van der Waals surface area contributed by atoms with E-state index in [-0.39, 0.29) is 11.8 Å². The van der Waals surface area contributed by atoms with Crippen LogP contribution in [-0.4, -0.2) is 32.1 Å². The summed E-state index contributed by atoms with van der Waals surface area (Å²) in [6.07, 6.45) is 2.91. The minimum atomic E-state index is -0.132. The molecule has 4 nitrogen and oxygen atoms in total. The zero-order valence-electron chi connectivity index (χ0n) is 13.2. The summed E-state index contributed by atoms with van der Waals surface area (Å²) in [5.74, 6) is 0.963. The van der Waals surface area contributed by atoms with Crippen molar-refractivity contribution in [1.29, 1.82) is 0 Å². The van der Waals surface area contributed by atoms with Crippen molar-refractivity contribution in [3.05, 3.63) is 29.3 Å². The fourth-order valence-electron chi connectivity index (χ4n) is 2.93. The predicted molar refractivity (Wildman–Crippen MR) is 83.5 cm³/mol. The molecule has 1 aromatic rings. The number of nitrogens with two attached hydrogens (primary N) is 1. The molecule has 1 heterocycles. The van der Waals surface area contributed by atoms with Crippen LogP contribution in [0.2, 0.25) is 0 Å². The number of carbonyl (C=O) groups excluding carboxylic acids is 1. The number of benzene rings is 1. The van der Waals surface area contributed by atoms with Gasteiger partial charge in [0.2, 0.25) is 5.91 Å². The number of piperidine rings is 1. The van der Waals surface area contributed by atoms with E-state index in [9.17, 15) is 4.79 Å². The molecule has 2 rings (SSSR count). The molecule has 0 bridgehead atoms. The van der Waals surface area contributed by atoms with Crippen LogP contribution in [0, 0.1) is 19.8 Å². The van der Waals surface area contributed by atoms with Crippen molar-refractivity contribution in [3.8, 4) is 5.75 Å². The minimum absolute atomic E-state index is 0.0972. The van der Waals surface area contributed by atoms with E-state index in [0.717, 1.165) is 51.3 Å². The van der Waals surface area contributed by atoms with E-state index in [1.807, 2.05) is 0 Å². The Kier molecular flexibility index (Phi) is 5.62. The molecule has 4 heteroatoms. The lowest BCUT2D eigenvalue weighted by Crippen LogP contribution is -3.13. The second-order valence-corrected chi connectivity index (χ2v) is 6.15. The fourth-order valence-corrected chi connectivity index (χ4v) is 2.93. The molecule has 1 aromatic carbocycles. The first-order chi connectivity index (χ1) is 10.1. The van der Waals surface area contributed by atoms with Crippen molar-refractivity contribution in [3.63, 3.8) is 0 Å². The number of likely N-dealkylation sites (tertiary alicyclic amines) is 1. The van der Waals surface area contributed by atoms with Crippen molar-refractivity contribution < 1.29 is 14.4 Å². The summed E-state index contributed by atoms with van der Waals surface area (Å²) in [5, 5.41) is 0. The molecule has 21 heavy (non-hydrogen) atoms. The Balaban J connectivity index is 1.66. The number of ether oxygens (including phenoxy) is 1. The normalized spacial score (nSPS) is 22.0. The lowest BCUT2D eigenvalue weighted by molar-refractivity contribution is -0.906. The second kappa shape index (κ2) is 7.46. The summed E-state index contributed by atoms with van der Waals surface area (Å²) in [7, 11) is 0. The van der Waals surface area contributed by atoms with Crippen molar-refractivity contribution in [1.82, 2.24) is 0 Å². The van der Waals surface area contributed by atoms with Gasteiger partial charge in [0.05, 0.1) is 26.2 Å². The Bertz CT molecular complexity index is 480. The lowest BCUT2D eigenvalue weighted by atomic mass is 9.96. The van der Waals surface area contributed by atoms with E-state index in [1.165, 1.54) is 11.1 Å². The van der Waals surface area contributed by atoms with Gasteiger partial charge in [-0.1, -0.05) is 12.1 Å². The van der Waals surface area contributed by atoms with Gasteiger partial charge in [-0.25, -0.2) is 0 Å². The van der Waals surface area contributed by atoms with Gasteiger partial charge in [0.15, 0.2) is 0 Å². The second-order valence-electron chi connectivity index (χ2n) is 6.15. The van der Waals surface area contributed by atoms with E-state index in [2.05, 4.69) is 32.0 Å². The van der Waals surface area contributed by atoms with Crippen LogP contribution in [0.15, 0.2) is 18.2 Å². The zero-order valence-corrected chi connectivity index (χ0v) is 13.2. The molecule has 1 amide bonds. The largest absolute Gasteiger partial charge is 0.493 e. The standard InChI is InChI=1S/C17H26N2O2/c1-13-4-5-14(2)16(12-13)21-11-3-8-19-9-6-15(7-10-19)17(18)20/h4-5,12,15H,3,6-11H2,1-2H3,(H2,18,20)/p+1. The summed E-state index contributed by atoms with van der Waals surface area (Å²) < 4.78 is 5.88. The molecule has 116 valence electrons. The summed E-state index contributed by atoms with van der Waals surface area (Å²) >= 11 is 0. The quantitative estimate of drug-likeness (QED) is 0.764. The Morgan fingerprint density at radius 1 is 1.33 bits per heavy atom. The summed E-state index contributed by atoms with van der Waals surface area (Å²) in [4.78, 5) is 12.7. The molecule has 0 unspecified atom stereocenters.